The number of rotatable bonds is 16. The first-order valence-electron chi connectivity index (χ1n) is 14.4. The van der Waals surface area contributed by atoms with Crippen molar-refractivity contribution in [3.05, 3.63) is 90.0 Å². The first-order chi connectivity index (χ1) is 19.4. The number of unbranched alkanes of at least 4 members (excludes halogenated alkanes) is 5. The Labute approximate surface area is 238 Å². The van der Waals surface area contributed by atoms with E-state index in [1.807, 2.05) is 85.9 Å². The molecule has 2 amide bonds. The summed E-state index contributed by atoms with van der Waals surface area (Å²) in [4.78, 5) is 38.7. The maximum atomic E-state index is 12.7. The SMILES string of the molecule is CCCCCCCCC(=O)N(C)c1cccc(-c2ccc(CC(NC(=O)CCc3ccccc3)C(=O)O)cc2)c1. The van der Waals surface area contributed by atoms with E-state index in [-0.39, 0.29) is 24.7 Å². The molecule has 1 atom stereocenters. The summed E-state index contributed by atoms with van der Waals surface area (Å²) in [5.74, 6) is -1.22. The highest BCUT2D eigenvalue weighted by molar-refractivity contribution is 5.93. The Morgan fingerprint density at radius 3 is 2.17 bits per heavy atom. The van der Waals surface area contributed by atoms with E-state index in [2.05, 4.69) is 12.2 Å². The van der Waals surface area contributed by atoms with E-state index in [9.17, 15) is 19.5 Å². The molecule has 2 N–H and O–H groups in total. The Bertz CT molecular complexity index is 1220. The predicted octanol–water partition coefficient (Wildman–Crippen LogP) is 6.81. The van der Waals surface area contributed by atoms with Crippen LogP contribution in [0.5, 0.6) is 0 Å². The fraction of sp³-hybridized carbons (Fsp3) is 0.382. The highest BCUT2D eigenvalue weighted by Crippen LogP contribution is 2.25. The van der Waals surface area contributed by atoms with Gasteiger partial charge in [0.2, 0.25) is 11.8 Å². The molecule has 0 aromatic heterocycles. The quantitative estimate of drug-likeness (QED) is 0.195. The van der Waals surface area contributed by atoms with Gasteiger partial charge in [-0.05, 0) is 47.2 Å². The molecule has 0 spiro atoms. The number of carboxylic acid groups (broad SMARTS) is 1. The number of amides is 2. The van der Waals surface area contributed by atoms with E-state index in [1.54, 1.807) is 4.90 Å². The molecule has 40 heavy (non-hydrogen) atoms. The average Bonchev–Trinajstić information content (AvgIpc) is 2.98. The lowest BCUT2D eigenvalue weighted by Gasteiger charge is -2.18. The van der Waals surface area contributed by atoms with Crippen molar-refractivity contribution in [3.8, 4) is 11.1 Å². The third kappa shape index (κ3) is 9.99. The molecule has 6 heteroatoms. The number of carbonyl (C=O) groups is 3. The number of carboxylic acids is 1. The zero-order chi connectivity index (χ0) is 28.7. The topological polar surface area (TPSA) is 86.7 Å². The lowest BCUT2D eigenvalue weighted by molar-refractivity contribution is -0.141. The Balaban J connectivity index is 1.55. The average molecular weight is 543 g/mol. The van der Waals surface area contributed by atoms with Crippen molar-refractivity contribution in [2.75, 3.05) is 11.9 Å². The van der Waals surface area contributed by atoms with Crippen LogP contribution in [0.4, 0.5) is 5.69 Å². The number of anilines is 1. The third-order valence-electron chi connectivity index (χ3n) is 7.20. The molecule has 3 aromatic carbocycles. The minimum atomic E-state index is -1.06. The van der Waals surface area contributed by atoms with Crippen LogP contribution >= 0.6 is 0 Å². The number of nitrogens with one attached hydrogen (secondary N) is 1. The van der Waals surface area contributed by atoms with Crippen LogP contribution in [0.2, 0.25) is 0 Å². The molecule has 1 unspecified atom stereocenters. The zero-order valence-corrected chi connectivity index (χ0v) is 23.8. The molecule has 0 saturated carbocycles. The van der Waals surface area contributed by atoms with Crippen LogP contribution in [0.1, 0.15) is 69.4 Å². The Hall–Kier alpha value is -3.93. The van der Waals surface area contributed by atoms with E-state index in [4.69, 9.17) is 0 Å². The number of nitrogens with zero attached hydrogens (tertiary/aromatic N) is 1. The van der Waals surface area contributed by atoms with Crippen LogP contribution in [-0.2, 0) is 27.2 Å². The van der Waals surface area contributed by atoms with Gasteiger partial charge in [-0.15, -0.1) is 0 Å². The molecule has 0 heterocycles. The molecule has 3 aromatic rings. The normalized spacial score (nSPS) is 11.6. The van der Waals surface area contributed by atoms with E-state index >= 15 is 0 Å². The number of aliphatic carboxylic acids is 1. The van der Waals surface area contributed by atoms with Gasteiger partial charge in [0.25, 0.3) is 0 Å². The van der Waals surface area contributed by atoms with E-state index < -0.39 is 12.0 Å². The van der Waals surface area contributed by atoms with Gasteiger partial charge in [-0.25, -0.2) is 4.79 Å². The van der Waals surface area contributed by atoms with Crippen molar-refractivity contribution >= 4 is 23.5 Å². The maximum absolute atomic E-state index is 12.7. The monoisotopic (exact) mass is 542 g/mol. The number of hydrogen-bond donors (Lipinski definition) is 2. The summed E-state index contributed by atoms with van der Waals surface area (Å²) in [6, 6.07) is 24.2. The van der Waals surface area contributed by atoms with Crippen LogP contribution in [0.15, 0.2) is 78.9 Å². The molecular weight excluding hydrogens is 500 g/mol. The van der Waals surface area contributed by atoms with Gasteiger partial charge in [0, 0.05) is 32.0 Å². The van der Waals surface area contributed by atoms with Gasteiger partial charge in [-0.1, -0.05) is 106 Å². The molecule has 0 aliphatic rings. The Morgan fingerprint density at radius 2 is 1.48 bits per heavy atom. The number of carbonyl (C=O) groups excluding carboxylic acids is 2. The Morgan fingerprint density at radius 1 is 0.775 bits per heavy atom. The molecule has 0 fully saturated rings. The molecule has 6 nitrogen and oxygen atoms in total. The van der Waals surface area contributed by atoms with E-state index in [1.165, 1.54) is 25.7 Å². The summed E-state index contributed by atoms with van der Waals surface area (Å²) in [6.45, 7) is 2.20. The summed E-state index contributed by atoms with van der Waals surface area (Å²) < 4.78 is 0. The summed E-state index contributed by atoms with van der Waals surface area (Å²) >= 11 is 0. The van der Waals surface area contributed by atoms with Crippen LogP contribution in [0.3, 0.4) is 0 Å². The zero-order valence-electron chi connectivity index (χ0n) is 23.8. The van der Waals surface area contributed by atoms with Crippen molar-refractivity contribution in [1.29, 1.82) is 0 Å². The van der Waals surface area contributed by atoms with Gasteiger partial charge in [0.15, 0.2) is 0 Å². The van der Waals surface area contributed by atoms with Crippen LogP contribution in [0.25, 0.3) is 11.1 Å². The van der Waals surface area contributed by atoms with Crippen molar-refractivity contribution in [2.24, 2.45) is 0 Å². The molecule has 0 radical (unpaired) electrons. The Kier molecular flexibility index (Phi) is 12.4. The molecule has 212 valence electrons. The molecule has 0 aliphatic carbocycles. The van der Waals surface area contributed by atoms with Crippen LogP contribution < -0.4 is 10.2 Å². The fourth-order valence-corrected chi connectivity index (χ4v) is 4.70. The first-order valence-corrected chi connectivity index (χ1v) is 14.4. The second kappa shape index (κ2) is 16.2. The highest BCUT2D eigenvalue weighted by Gasteiger charge is 2.20. The smallest absolute Gasteiger partial charge is 0.326 e. The van der Waals surface area contributed by atoms with Crippen molar-refractivity contribution < 1.29 is 19.5 Å². The summed E-state index contributed by atoms with van der Waals surface area (Å²) in [6.07, 6.45) is 8.45. The molecule has 3 rings (SSSR count). The summed E-state index contributed by atoms with van der Waals surface area (Å²) in [7, 11) is 1.82. The van der Waals surface area contributed by atoms with Gasteiger partial charge in [0.05, 0.1) is 0 Å². The predicted molar refractivity (Wildman–Crippen MR) is 161 cm³/mol. The summed E-state index contributed by atoms with van der Waals surface area (Å²) in [5.41, 5.74) is 4.66. The third-order valence-corrected chi connectivity index (χ3v) is 7.20. The number of hydrogen-bond acceptors (Lipinski definition) is 3. The molecule has 0 saturated heterocycles. The van der Waals surface area contributed by atoms with Crippen LogP contribution in [0, 0.1) is 0 Å². The van der Waals surface area contributed by atoms with Gasteiger partial charge >= 0.3 is 5.97 Å². The highest BCUT2D eigenvalue weighted by atomic mass is 16.4. The number of benzene rings is 3. The van der Waals surface area contributed by atoms with Gasteiger partial charge < -0.3 is 15.3 Å². The van der Waals surface area contributed by atoms with Crippen molar-refractivity contribution in [3.63, 3.8) is 0 Å². The minimum absolute atomic E-state index is 0.119. The molecular formula is C34H42N2O4. The van der Waals surface area contributed by atoms with E-state index in [0.717, 1.165) is 40.8 Å². The van der Waals surface area contributed by atoms with Gasteiger partial charge in [-0.3, -0.25) is 9.59 Å². The molecule has 0 bridgehead atoms. The second-order valence-electron chi connectivity index (χ2n) is 10.4. The second-order valence-corrected chi connectivity index (χ2v) is 10.4. The van der Waals surface area contributed by atoms with Gasteiger partial charge in [0.1, 0.15) is 6.04 Å². The van der Waals surface area contributed by atoms with Crippen molar-refractivity contribution in [1.82, 2.24) is 5.32 Å². The van der Waals surface area contributed by atoms with Crippen molar-refractivity contribution in [2.45, 2.75) is 77.2 Å². The fourth-order valence-electron chi connectivity index (χ4n) is 4.70. The lowest BCUT2D eigenvalue weighted by atomic mass is 10.00. The minimum Gasteiger partial charge on any atom is -0.480 e. The van der Waals surface area contributed by atoms with Crippen LogP contribution in [-0.4, -0.2) is 36.0 Å². The lowest BCUT2D eigenvalue weighted by Crippen LogP contribution is -2.42. The maximum Gasteiger partial charge on any atom is 0.326 e. The summed E-state index contributed by atoms with van der Waals surface area (Å²) in [5, 5.41) is 12.3. The number of aryl methyl sites for hydroxylation is 1. The largest absolute Gasteiger partial charge is 0.480 e. The first kappa shape index (κ1) is 30.6. The van der Waals surface area contributed by atoms with E-state index in [0.29, 0.717) is 12.8 Å². The van der Waals surface area contributed by atoms with Gasteiger partial charge in [-0.2, -0.15) is 0 Å². The standard InChI is InChI=1S/C34H42N2O4/c1-3-4-5-6-7-11-17-33(38)36(2)30-16-12-15-29(25-30)28-21-18-27(19-22-28)24-31(34(39)40)35-32(37)23-20-26-13-9-8-10-14-26/h8-10,12-16,18-19,21-22,25,31H,3-7,11,17,20,23-24H2,1-2H3,(H,35,37)(H,39,40). The molecule has 0 aliphatic heterocycles.